The van der Waals surface area contributed by atoms with Gasteiger partial charge in [0.05, 0.1) is 0 Å². The molecule has 1 aromatic carbocycles. The number of benzene rings is 1. The van der Waals surface area contributed by atoms with Crippen LogP contribution in [0.2, 0.25) is 0 Å². The summed E-state index contributed by atoms with van der Waals surface area (Å²) in [7, 11) is 0. The fourth-order valence-electron chi connectivity index (χ4n) is 6.69. The molecule has 0 atom stereocenters. The van der Waals surface area contributed by atoms with Crippen molar-refractivity contribution in [2.75, 3.05) is 0 Å². The average Bonchev–Trinajstić information content (AvgIpc) is 2.70. The molecule has 0 spiro atoms. The molecule has 1 heteroatoms. The van der Waals surface area contributed by atoms with Crippen molar-refractivity contribution in [1.29, 1.82) is 0 Å². The maximum atomic E-state index is 2.80. The molecule has 1 nitrogen and oxygen atoms in total. The molecule has 0 radical (unpaired) electrons. The molecule has 4 aliphatic carbocycles. The fourth-order valence-corrected chi connectivity index (χ4v) is 6.69. The minimum Gasteiger partial charge on any atom is -0.221 e. The molecule has 0 aromatic heterocycles. The van der Waals surface area contributed by atoms with Crippen LogP contribution in [0.15, 0.2) is 24.3 Å². The van der Waals surface area contributed by atoms with E-state index in [9.17, 15) is 0 Å². The van der Waals surface area contributed by atoms with Crippen LogP contribution in [0.1, 0.15) is 63.5 Å². The summed E-state index contributed by atoms with van der Waals surface area (Å²) in [5.74, 6) is 3.05. The molecule has 1 aromatic rings. The molecule has 110 valence electrons. The number of hydrogen-bond donors (Lipinski definition) is 0. The van der Waals surface area contributed by atoms with Crippen LogP contribution in [-0.4, -0.2) is 16.3 Å². The van der Waals surface area contributed by atoms with Crippen molar-refractivity contribution in [3.63, 3.8) is 0 Å². The van der Waals surface area contributed by atoms with Gasteiger partial charge in [0.15, 0.2) is 17.3 Å². The minimum atomic E-state index is 0.169. The average molecular weight is 280 g/mol. The summed E-state index contributed by atoms with van der Waals surface area (Å²) in [6.07, 6.45) is 11.4. The quantitative estimate of drug-likeness (QED) is 0.673. The highest BCUT2D eigenvalue weighted by molar-refractivity contribution is 5.81. The van der Waals surface area contributed by atoms with E-state index in [1.807, 2.05) is 0 Å². The molecule has 0 N–H and O–H groups in total. The van der Waals surface area contributed by atoms with Crippen molar-refractivity contribution < 1.29 is 4.58 Å². The zero-order valence-electron chi connectivity index (χ0n) is 13.3. The van der Waals surface area contributed by atoms with E-state index in [-0.39, 0.29) is 5.54 Å². The summed E-state index contributed by atoms with van der Waals surface area (Å²) in [6, 6.07) is 9.04. The molecule has 6 rings (SSSR count). The van der Waals surface area contributed by atoms with Gasteiger partial charge in [-0.1, -0.05) is 18.2 Å². The van der Waals surface area contributed by atoms with Crippen LogP contribution in [0, 0.1) is 17.8 Å². The first-order chi connectivity index (χ1) is 10.1. The summed E-state index contributed by atoms with van der Waals surface area (Å²) in [4.78, 5) is 0. The summed E-state index contributed by atoms with van der Waals surface area (Å²) >= 11 is 0. The van der Waals surface area contributed by atoms with E-state index in [4.69, 9.17) is 0 Å². The van der Waals surface area contributed by atoms with Crippen molar-refractivity contribution >= 4 is 6.21 Å². The van der Waals surface area contributed by atoms with Crippen molar-refractivity contribution in [2.24, 2.45) is 17.8 Å². The van der Waals surface area contributed by atoms with Crippen LogP contribution in [0.25, 0.3) is 0 Å². The molecule has 4 fully saturated rings. The van der Waals surface area contributed by atoms with Crippen molar-refractivity contribution in [2.45, 2.75) is 63.5 Å². The van der Waals surface area contributed by atoms with Crippen molar-refractivity contribution in [1.82, 2.24) is 0 Å². The smallest absolute Gasteiger partial charge is 0.183 e. The molecular weight excluding hydrogens is 254 g/mol. The lowest BCUT2D eigenvalue weighted by Crippen LogP contribution is -2.59. The van der Waals surface area contributed by atoms with E-state index in [2.05, 4.69) is 48.9 Å². The second-order valence-electron chi connectivity index (χ2n) is 8.79. The van der Waals surface area contributed by atoms with Gasteiger partial charge in [0.25, 0.3) is 0 Å². The van der Waals surface area contributed by atoms with E-state index in [1.165, 1.54) is 49.7 Å². The largest absolute Gasteiger partial charge is 0.221 e. The van der Waals surface area contributed by atoms with E-state index in [1.54, 1.807) is 0 Å². The zero-order valence-corrected chi connectivity index (χ0v) is 13.3. The lowest BCUT2D eigenvalue weighted by atomic mass is 9.52. The monoisotopic (exact) mass is 280 g/mol. The van der Waals surface area contributed by atoms with Gasteiger partial charge in [-0.15, -0.1) is 0 Å². The standard InChI is InChI=1S/C20H26N/c1-19(2)18-6-4-3-5-17(18)13-21(19)20-10-14-7-15(11-20)9-16(8-14)12-20/h3-6,13-16H,7-12H2,1-2H3/q+1. The third kappa shape index (κ3) is 1.55. The van der Waals surface area contributed by atoms with Gasteiger partial charge in [0.1, 0.15) is 0 Å². The predicted octanol–water partition coefficient (Wildman–Crippen LogP) is 4.34. The molecule has 4 bridgehead atoms. The SMILES string of the molecule is CC1(C)c2ccccc2C=[N+]1C12CC3CC(CC(C3)C1)C2. The van der Waals surface area contributed by atoms with E-state index in [0.29, 0.717) is 5.54 Å². The minimum absolute atomic E-state index is 0.169. The summed E-state index contributed by atoms with van der Waals surface area (Å²) in [5, 5.41) is 0. The van der Waals surface area contributed by atoms with Gasteiger partial charge in [-0.25, -0.2) is 4.58 Å². The first kappa shape index (κ1) is 12.4. The van der Waals surface area contributed by atoms with Gasteiger partial charge < -0.3 is 0 Å². The Balaban J connectivity index is 1.63. The first-order valence-electron chi connectivity index (χ1n) is 8.81. The molecule has 21 heavy (non-hydrogen) atoms. The third-order valence-electron chi connectivity index (χ3n) is 7.01. The third-order valence-corrected chi connectivity index (χ3v) is 7.01. The highest BCUT2D eigenvalue weighted by Gasteiger charge is 2.61. The van der Waals surface area contributed by atoms with E-state index < -0.39 is 0 Å². The van der Waals surface area contributed by atoms with Gasteiger partial charge in [-0.05, 0) is 43.1 Å². The van der Waals surface area contributed by atoms with Gasteiger partial charge in [0, 0.05) is 44.2 Å². The van der Waals surface area contributed by atoms with E-state index >= 15 is 0 Å². The molecule has 0 saturated heterocycles. The van der Waals surface area contributed by atoms with Gasteiger partial charge in [-0.2, -0.15) is 0 Å². The Morgan fingerprint density at radius 3 is 2.05 bits per heavy atom. The number of rotatable bonds is 1. The topological polar surface area (TPSA) is 3.01 Å². The van der Waals surface area contributed by atoms with Crippen LogP contribution < -0.4 is 0 Å². The Bertz CT molecular complexity index is 602. The fraction of sp³-hybridized carbons (Fsp3) is 0.650. The highest BCUT2D eigenvalue weighted by atomic mass is 15.2. The molecule has 1 aliphatic heterocycles. The Morgan fingerprint density at radius 1 is 0.905 bits per heavy atom. The van der Waals surface area contributed by atoms with Gasteiger partial charge in [-0.3, -0.25) is 0 Å². The second kappa shape index (κ2) is 3.80. The summed E-state index contributed by atoms with van der Waals surface area (Å²) in [6.45, 7) is 4.88. The lowest BCUT2D eigenvalue weighted by molar-refractivity contribution is -0.684. The van der Waals surface area contributed by atoms with Crippen LogP contribution >= 0.6 is 0 Å². The Labute approximate surface area is 128 Å². The van der Waals surface area contributed by atoms with Crippen LogP contribution in [0.4, 0.5) is 0 Å². The predicted molar refractivity (Wildman–Crippen MR) is 85.8 cm³/mol. The molecular formula is C20H26N+. The van der Waals surface area contributed by atoms with Crippen LogP contribution in [0.5, 0.6) is 0 Å². The Morgan fingerprint density at radius 2 is 1.48 bits per heavy atom. The molecule has 0 amide bonds. The van der Waals surface area contributed by atoms with Crippen molar-refractivity contribution in [3.05, 3.63) is 35.4 Å². The van der Waals surface area contributed by atoms with E-state index in [0.717, 1.165) is 17.8 Å². The number of nitrogens with zero attached hydrogens (tertiary/aromatic N) is 1. The second-order valence-corrected chi connectivity index (χ2v) is 8.79. The molecule has 5 aliphatic rings. The lowest BCUT2D eigenvalue weighted by Gasteiger charge is -2.55. The molecule has 1 heterocycles. The number of hydrogen-bond acceptors (Lipinski definition) is 0. The maximum absolute atomic E-state index is 2.80. The van der Waals surface area contributed by atoms with Crippen LogP contribution in [0.3, 0.4) is 0 Å². The highest BCUT2D eigenvalue weighted by Crippen LogP contribution is 2.59. The Hall–Kier alpha value is -1.11. The van der Waals surface area contributed by atoms with Gasteiger partial charge in [0.2, 0.25) is 0 Å². The maximum Gasteiger partial charge on any atom is 0.183 e. The normalized spacial score (nSPS) is 42.0. The molecule has 0 unspecified atom stereocenters. The number of fused-ring (bicyclic) bond motifs is 1. The van der Waals surface area contributed by atoms with Crippen LogP contribution in [-0.2, 0) is 5.54 Å². The Kier molecular flexibility index (Phi) is 2.25. The summed E-state index contributed by atoms with van der Waals surface area (Å²) in [5.41, 5.74) is 3.62. The van der Waals surface area contributed by atoms with Gasteiger partial charge >= 0.3 is 0 Å². The zero-order chi connectivity index (χ0) is 14.2. The van der Waals surface area contributed by atoms with Crippen molar-refractivity contribution in [3.8, 4) is 0 Å². The molecule has 4 saturated carbocycles. The summed E-state index contributed by atoms with van der Waals surface area (Å²) < 4.78 is 2.80. The first-order valence-corrected chi connectivity index (χ1v) is 8.81.